The third-order valence-corrected chi connectivity index (χ3v) is 6.26. The summed E-state index contributed by atoms with van der Waals surface area (Å²) in [7, 11) is 3.03. The third-order valence-electron chi connectivity index (χ3n) is 6.26. The van der Waals surface area contributed by atoms with Crippen molar-refractivity contribution in [3.63, 3.8) is 0 Å². The summed E-state index contributed by atoms with van der Waals surface area (Å²) < 4.78 is 10.4. The maximum atomic E-state index is 12.9. The van der Waals surface area contributed by atoms with E-state index in [1.165, 1.54) is 7.11 Å². The molecule has 28 heavy (non-hydrogen) atoms. The number of benzene rings is 1. The predicted octanol–water partition coefficient (Wildman–Crippen LogP) is 4.12. The molecule has 2 rings (SSSR count). The van der Waals surface area contributed by atoms with Crippen LogP contribution in [-0.2, 0) is 20.7 Å². The summed E-state index contributed by atoms with van der Waals surface area (Å²) in [6.07, 6.45) is 3.28. The fourth-order valence-corrected chi connectivity index (χ4v) is 4.37. The molecule has 0 aliphatic heterocycles. The minimum Gasteiger partial charge on any atom is -0.497 e. The largest absolute Gasteiger partial charge is 0.497 e. The van der Waals surface area contributed by atoms with Crippen LogP contribution in [0.1, 0.15) is 63.1 Å². The molecule has 1 aromatic carbocycles. The zero-order valence-corrected chi connectivity index (χ0v) is 18.4. The molecule has 0 spiro atoms. The van der Waals surface area contributed by atoms with Gasteiger partial charge in [0.1, 0.15) is 11.3 Å². The van der Waals surface area contributed by atoms with Gasteiger partial charge in [-0.05, 0) is 79.7 Å². The number of carbonyl (C=O) groups is 2. The van der Waals surface area contributed by atoms with Crippen molar-refractivity contribution in [2.75, 3.05) is 14.2 Å². The SMILES string of the molecule is COC(=O)C1(NC(=O)Cc2c(C)cc(OC)cc2C)CCC(C(C)(C)C)CC1. The van der Waals surface area contributed by atoms with Gasteiger partial charge >= 0.3 is 5.97 Å². The van der Waals surface area contributed by atoms with Gasteiger partial charge in [0.05, 0.1) is 20.6 Å². The lowest BCUT2D eigenvalue weighted by Crippen LogP contribution is -2.57. The average molecular weight is 390 g/mol. The highest BCUT2D eigenvalue weighted by molar-refractivity contribution is 5.89. The summed E-state index contributed by atoms with van der Waals surface area (Å²) in [5.74, 6) is 0.839. The van der Waals surface area contributed by atoms with Crippen molar-refractivity contribution >= 4 is 11.9 Å². The molecule has 5 heteroatoms. The number of methoxy groups -OCH3 is 2. The van der Waals surface area contributed by atoms with Crippen molar-refractivity contribution < 1.29 is 19.1 Å². The summed E-state index contributed by atoms with van der Waals surface area (Å²) in [5, 5.41) is 3.04. The Hall–Kier alpha value is -2.04. The second kappa shape index (κ2) is 8.54. The molecule has 1 amide bonds. The average Bonchev–Trinajstić information content (AvgIpc) is 2.63. The van der Waals surface area contributed by atoms with Gasteiger partial charge < -0.3 is 14.8 Å². The van der Waals surface area contributed by atoms with Crippen LogP contribution < -0.4 is 10.1 Å². The molecule has 156 valence electrons. The minimum absolute atomic E-state index is 0.143. The molecular formula is C23H35NO4. The Morgan fingerprint density at radius 3 is 2.07 bits per heavy atom. The first-order valence-corrected chi connectivity index (χ1v) is 10.1. The van der Waals surface area contributed by atoms with E-state index in [0.717, 1.165) is 35.3 Å². The standard InChI is InChI=1S/C23H35NO4/c1-15-12-18(27-6)13-16(2)19(15)14-20(25)24-23(21(26)28-7)10-8-17(9-11-23)22(3,4)5/h12-13,17H,8-11,14H2,1-7H3,(H,24,25). The molecule has 0 heterocycles. The number of rotatable bonds is 5. The van der Waals surface area contributed by atoms with E-state index in [1.807, 2.05) is 26.0 Å². The van der Waals surface area contributed by atoms with Crippen LogP contribution in [0.15, 0.2) is 12.1 Å². The van der Waals surface area contributed by atoms with Crippen molar-refractivity contribution in [1.82, 2.24) is 5.32 Å². The van der Waals surface area contributed by atoms with Crippen LogP contribution in [0.25, 0.3) is 0 Å². The first-order valence-electron chi connectivity index (χ1n) is 10.1. The molecule has 0 radical (unpaired) electrons. The maximum absolute atomic E-state index is 12.9. The molecule has 1 fully saturated rings. The number of esters is 1. The molecule has 1 aromatic rings. The highest BCUT2D eigenvalue weighted by Gasteiger charge is 2.45. The van der Waals surface area contributed by atoms with Crippen molar-refractivity contribution in [3.05, 3.63) is 28.8 Å². The number of nitrogens with one attached hydrogen (secondary N) is 1. The van der Waals surface area contributed by atoms with Crippen LogP contribution >= 0.6 is 0 Å². The van der Waals surface area contributed by atoms with E-state index < -0.39 is 5.54 Å². The molecule has 1 N–H and O–H groups in total. The van der Waals surface area contributed by atoms with Crippen LogP contribution in [0, 0.1) is 25.2 Å². The smallest absolute Gasteiger partial charge is 0.331 e. The van der Waals surface area contributed by atoms with E-state index in [-0.39, 0.29) is 23.7 Å². The van der Waals surface area contributed by atoms with Crippen LogP contribution in [0.3, 0.4) is 0 Å². The highest BCUT2D eigenvalue weighted by atomic mass is 16.5. The molecule has 1 aliphatic carbocycles. The summed E-state index contributed by atoms with van der Waals surface area (Å²) in [6, 6.07) is 3.86. The van der Waals surface area contributed by atoms with Gasteiger partial charge in [0.25, 0.3) is 0 Å². The van der Waals surface area contributed by atoms with Crippen molar-refractivity contribution in [3.8, 4) is 5.75 Å². The molecule has 0 atom stereocenters. The van der Waals surface area contributed by atoms with E-state index in [4.69, 9.17) is 9.47 Å². The van der Waals surface area contributed by atoms with Gasteiger partial charge in [0.15, 0.2) is 0 Å². The lowest BCUT2D eigenvalue weighted by Gasteiger charge is -2.42. The quantitative estimate of drug-likeness (QED) is 0.770. The molecular weight excluding hydrogens is 354 g/mol. The molecule has 0 aromatic heterocycles. The number of aryl methyl sites for hydroxylation is 2. The van der Waals surface area contributed by atoms with E-state index in [1.54, 1.807) is 7.11 Å². The zero-order chi connectivity index (χ0) is 21.1. The van der Waals surface area contributed by atoms with Gasteiger partial charge in [0, 0.05) is 0 Å². The zero-order valence-electron chi connectivity index (χ0n) is 18.4. The molecule has 1 aliphatic rings. The van der Waals surface area contributed by atoms with Crippen LogP contribution in [-0.4, -0.2) is 31.6 Å². The number of hydrogen-bond donors (Lipinski definition) is 1. The van der Waals surface area contributed by atoms with Gasteiger partial charge in [0.2, 0.25) is 5.91 Å². The van der Waals surface area contributed by atoms with Crippen LogP contribution in [0.5, 0.6) is 5.75 Å². The Balaban J connectivity index is 2.16. The Morgan fingerprint density at radius 1 is 1.11 bits per heavy atom. The minimum atomic E-state index is -0.915. The second-order valence-corrected chi connectivity index (χ2v) is 9.18. The summed E-state index contributed by atoms with van der Waals surface area (Å²) >= 11 is 0. The predicted molar refractivity (Wildman–Crippen MR) is 110 cm³/mol. The third kappa shape index (κ3) is 4.86. The Kier molecular flexibility index (Phi) is 6.79. The Bertz CT molecular complexity index is 702. The first-order chi connectivity index (χ1) is 13.0. The Labute approximate surface area is 169 Å². The van der Waals surface area contributed by atoms with Crippen molar-refractivity contribution in [2.45, 2.75) is 72.3 Å². The maximum Gasteiger partial charge on any atom is 0.331 e. The van der Waals surface area contributed by atoms with Gasteiger partial charge in [-0.1, -0.05) is 20.8 Å². The number of hydrogen-bond acceptors (Lipinski definition) is 4. The molecule has 1 saturated carbocycles. The van der Waals surface area contributed by atoms with Crippen LogP contribution in [0.2, 0.25) is 0 Å². The number of carbonyl (C=O) groups excluding carboxylic acids is 2. The van der Waals surface area contributed by atoms with Gasteiger partial charge in [-0.3, -0.25) is 4.79 Å². The lowest BCUT2D eigenvalue weighted by atomic mass is 9.67. The van der Waals surface area contributed by atoms with Gasteiger partial charge in [-0.2, -0.15) is 0 Å². The van der Waals surface area contributed by atoms with Crippen LogP contribution in [0.4, 0.5) is 0 Å². The fraction of sp³-hybridized carbons (Fsp3) is 0.652. The molecule has 0 bridgehead atoms. The number of amides is 1. The second-order valence-electron chi connectivity index (χ2n) is 9.18. The summed E-state index contributed by atoms with van der Waals surface area (Å²) in [4.78, 5) is 25.5. The summed E-state index contributed by atoms with van der Waals surface area (Å²) in [6.45, 7) is 10.6. The number of ether oxygens (including phenoxy) is 2. The molecule has 0 saturated heterocycles. The van der Waals surface area contributed by atoms with E-state index in [0.29, 0.717) is 18.8 Å². The van der Waals surface area contributed by atoms with Gasteiger partial charge in [-0.15, -0.1) is 0 Å². The molecule has 0 unspecified atom stereocenters. The highest BCUT2D eigenvalue weighted by Crippen LogP contribution is 2.42. The topological polar surface area (TPSA) is 64.6 Å². The molecule has 5 nitrogen and oxygen atoms in total. The summed E-state index contributed by atoms with van der Waals surface area (Å²) in [5.41, 5.74) is 2.28. The normalized spacial score (nSPS) is 22.5. The van der Waals surface area contributed by atoms with E-state index in [2.05, 4.69) is 26.1 Å². The van der Waals surface area contributed by atoms with Crippen molar-refractivity contribution in [1.29, 1.82) is 0 Å². The fourth-order valence-electron chi connectivity index (χ4n) is 4.37. The monoisotopic (exact) mass is 389 g/mol. The Morgan fingerprint density at radius 2 is 1.64 bits per heavy atom. The van der Waals surface area contributed by atoms with Gasteiger partial charge in [-0.25, -0.2) is 4.79 Å². The lowest BCUT2D eigenvalue weighted by molar-refractivity contribution is -0.153. The van der Waals surface area contributed by atoms with E-state index in [9.17, 15) is 9.59 Å². The van der Waals surface area contributed by atoms with Crippen molar-refractivity contribution in [2.24, 2.45) is 11.3 Å². The van der Waals surface area contributed by atoms with E-state index >= 15 is 0 Å². The first kappa shape index (κ1) is 22.3.